The van der Waals surface area contributed by atoms with Crippen LogP contribution in [0.15, 0.2) is 72.5 Å². The molecule has 1 aliphatic heterocycles. The van der Waals surface area contributed by atoms with Crippen LogP contribution in [0.3, 0.4) is 0 Å². The van der Waals surface area contributed by atoms with E-state index in [4.69, 9.17) is 9.72 Å². The molecular formula is C26H28N6O3S. The first-order valence-electron chi connectivity index (χ1n) is 11.8. The summed E-state index contributed by atoms with van der Waals surface area (Å²) in [6.45, 7) is 5.32. The molecule has 0 aliphatic carbocycles. The first kappa shape index (κ1) is 24.0. The zero-order valence-corrected chi connectivity index (χ0v) is 20.9. The molecule has 0 amide bonds. The largest absolute Gasteiger partial charge is 0.497 e. The van der Waals surface area contributed by atoms with Crippen molar-refractivity contribution < 1.29 is 13.2 Å². The second-order valence-corrected chi connectivity index (χ2v) is 10.6. The van der Waals surface area contributed by atoms with Crippen LogP contribution in [0.1, 0.15) is 35.6 Å². The lowest BCUT2D eigenvalue weighted by Crippen LogP contribution is -2.38. The van der Waals surface area contributed by atoms with Crippen LogP contribution in [0.4, 0.5) is 5.82 Å². The molecule has 0 bridgehead atoms. The molecule has 0 atom stereocenters. The monoisotopic (exact) mass is 504 g/mol. The van der Waals surface area contributed by atoms with Crippen molar-refractivity contribution >= 4 is 27.6 Å². The number of rotatable bonds is 8. The number of ether oxygens (including phenoxy) is 1. The van der Waals surface area contributed by atoms with E-state index in [2.05, 4.69) is 22.0 Å². The maximum atomic E-state index is 13.2. The number of pyridine rings is 1. The van der Waals surface area contributed by atoms with E-state index in [0.717, 1.165) is 28.3 Å². The number of nitrogens with zero attached hydrogens (tertiary/aromatic N) is 5. The summed E-state index contributed by atoms with van der Waals surface area (Å²) in [7, 11) is -2.07. The summed E-state index contributed by atoms with van der Waals surface area (Å²) in [5.41, 5.74) is 3.54. The highest BCUT2D eigenvalue weighted by Crippen LogP contribution is 2.32. The van der Waals surface area contributed by atoms with Crippen molar-refractivity contribution in [3.8, 4) is 5.75 Å². The molecule has 1 N–H and O–H groups in total. The Morgan fingerprint density at radius 1 is 1.17 bits per heavy atom. The number of methoxy groups -OCH3 is 1. The van der Waals surface area contributed by atoms with Crippen LogP contribution in [0.25, 0.3) is 11.7 Å². The first-order valence-corrected chi connectivity index (χ1v) is 13.2. The van der Waals surface area contributed by atoms with Gasteiger partial charge in [-0.25, -0.2) is 13.4 Å². The lowest BCUT2D eigenvalue weighted by molar-refractivity contribution is 0.316. The molecule has 1 aliphatic rings. The number of nitrogens with one attached hydrogen (secondary N) is 1. The summed E-state index contributed by atoms with van der Waals surface area (Å²) >= 11 is 0. The summed E-state index contributed by atoms with van der Waals surface area (Å²) in [5.74, 6) is 1.46. The van der Waals surface area contributed by atoms with Crippen molar-refractivity contribution in [3.63, 3.8) is 0 Å². The predicted molar refractivity (Wildman–Crippen MR) is 138 cm³/mol. The maximum Gasteiger partial charge on any atom is 0.243 e. The van der Waals surface area contributed by atoms with Gasteiger partial charge in [-0.1, -0.05) is 24.8 Å². The third-order valence-corrected chi connectivity index (χ3v) is 8.38. The molecule has 0 spiro atoms. The highest BCUT2D eigenvalue weighted by atomic mass is 32.2. The van der Waals surface area contributed by atoms with Crippen molar-refractivity contribution in [2.75, 3.05) is 25.5 Å². The zero-order valence-electron chi connectivity index (χ0n) is 20.0. The quantitative estimate of drug-likeness (QED) is 0.388. The second kappa shape index (κ2) is 10.1. The van der Waals surface area contributed by atoms with Crippen LogP contribution in [0, 0.1) is 0 Å². The SMILES string of the molecule is C=Cc1cnn2c(NCc3cccnc3)cc(C3CCN(S(=O)(=O)c4cccc(OC)c4)CC3)nc12. The van der Waals surface area contributed by atoms with E-state index in [9.17, 15) is 8.42 Å². The Bertz CT molecular complexity index is 1480. The fourth-order valence-corrected chi connectivity index (χ4v) is 5.98. The topological polar surface area (TPSA) is 102 Å². The van der Waals surface area contributed by atoms with E-state index in [0.29, 0.717) is 38.2 Å². The summed E-state index contributed by atoms with van der Waals surface area (Å²) in [4.78, 5) is 9.33. The molecule has 0 radical (unpaired) electrons. The van der Waals surface area contributed by atoms with Crippen molar-refractivity contribution in [2.45, 2.75) is 30.2 Å². The Morgan fingerprint density at radius 3 is 2.72 bits per heavy atom. The zero-order chi connectivity index (χ0) is 25.1. The molecule has 186 valence electrons. The highest BCUT2D eigenvalue weighted by molar-refractivity contribution is 7.89. The van der Waals surface area contributed by atoms with Gasteiger partial charge in [-0.15, -0.1) is 0 Å². The number of aromatic nitrogens is 4. The predicted octanol–water partition coefficient (Wildman–Crippen LogP) is 3.96. The molecule has 10 heteroatoms. The van der Waals surface area contributed by atoms with Gasteiger partial charge in [0.15, 0.2) is 5.65 Å². The Hall–Kier alpha value is -3.76. The van der Waals surface area contributed by atoms with Crippen LogP contribution >= 0.6 is 0 Å². The fraction of sp³-hybridized carbons (Fsp3) is 0.269. The Morgan fingerprint density at radius 2 is 2.00 bits per heavy atom. The lowest BCUT2D eigenvalue weighted by Gasteiger charge is -2.31. The number of sulfonamides is 1. The van der Waals surface area contributed by atoms with Crippen LogP contribution in [0.2, 0.25) is 0 Å². The minimum atomic E-state index is -3.60. The van der Waals surface area contributed by atoms with Gasteiger partial charge in [-0.2, -0.15) is 13.9 Å². The Balaban J connectivity index is 1.37. The van der Waals surface area contributed by atoms with Gasteiger partial charge >= 0.3 is 0 Å². The van der Waals surface area contributed by atoms with Crippen LogP contribution in [-0.4, -0.2) is 52.5 Å². The number of hydrogen-bond donors (Lipinski definition) is 1. The van der Waals surface area contributed by atoms with E-state index in [1.165, 1.54) is 7.11 Å². The first-order chi connectivity index (χ1) is 17.5. The second-order valence-electron chi connectivity index (χ2n) is 8.68. The lowest BCUT2D eigenvalue weighted by atomic mass is 9.94. The number of benzene rings is 1. The van der Waals surface area contributed by atoms with Crippen molar-refractivity contribution in [1.82, 2.24) is 23.9 Å². The van der Waals surface area contributed by atoms with Gasteiger partial charge in [0.05, 0.1) is 18.2 Å². The Labute approximate surface area is 210 Å². The van der Waals surface area contributed by atoms with Gasteiger partial charge in [0.1, 0.15) is 11.6 Å². The number of fused-ring (bicyclic) bond motifs is 1. The molecule has 1 fully saturated rings. The molecule has 4 heterocycles. The van der Waals surface area contributed by atoms with Gasteiger partial charge < -0.3 is 10.1 Å². The maximum absolute atomic E-state index is 13.2. The van der Waals surface area contributed by atoms with Crippen LogP contribution in [0.5, 0.6) is 5.75 Å². The van der Waals surface area contributed by atoms with E-state index >= 15 is 0 Å². The number of piperidine rings is 1. The van der Waals surface area contributed by atoms with Gasteiger partial charge in [0.25, 0.3) is 0 Å². The molecule has 1 saturated heterocycles. The molecular weight excluding hydrogens is 476 g/mol. The minimum absolute atomic E-state index is 0.123. The minimum Gasteiger partial charge on any atom is -0.497 e. The van der Waals surface area contributed by atoms with Crippen LogP contribution < -0.4 is 10.1 Å². The molecule has 5 rings (SSSR count). The van der Waals surface area contributed by atoms with E-state index in [1.54, 1.807) is 51.6 Å². The van der Waals surface area contributed by atoms with Gasteiger partial charge in [0.2, 0.25) is 10.0 Å². The summed E-state index contributed by atoms with van der Waals surface area (Å²) in [5, 5.41) is 7.94. The third kappa shape index (κ3) is 4.69. The third-order valence-electron chi connectivity index (χ3n) is 6.49. The normalized spacial score (nSPS) is 15.1. The number of hydrogen-bond acceptors (Lipinski definition) is 7. The van der Waals surface area contributed by atoms with Crippen molar-refractivity contribution in [1.29, 1.82) is 0 Å². The standard InChI is InChI=1S/C26H28N6O3S/c1-3-20-18-29-32-25(28-17-19-6-5-11-27-16-19)15-24(30-26(20)32)21-9-12-31(13-10-21)36(33,34)23-8-4-7-22(14-23)35-2/h3-8,11,14-16,18,21,28H,1,9-10,12-13,17H2,2H3. The average molecular weight is 505 g/mol. The van der Waals surface area contributed by atoms with Gasteiger partial charge in [-0.05, 0) is 36.6 Å². The smallest absolute Gasteiger partial charge is 0.243 e. The van der Waals surface area contributed by atoms with Crippen molar-refractivity contribution in [2.24, 2.45) is 0 Å². The van der Waals surface area contributed by atoms with E-state index in [-0.39, 0.29) is 10.8 Å². The molecule has 1 aromatic carbocycles. The molecule has 9 nitrogen and oxygen atoms in total. The molecule has 4 aromatic rings. The number of anilines is 1. The van der Waals surface area contributed by atoms with E-state index < -0.39 is 10.0 Å². The van der Waals surface area contributed by atoms with Crippen LogP contribution in [-0.2, 0) is 16.6 Å². The molecule has 3 aromatic heterocycles. The molecule has 36 heavy (non-hydrogen) atoms. The van der Waals surface area contributed by atoms with Gasteiger partial charge in [0, 0.05) is 61.3 Å². The van der Waals surface area contributed by atoms with Crippen molar-refractivity contribution in [3.05, 3.63) is 84.5 Å². The average Bonchev–Trinajstić information content (AvgIpc) is 3.35. The fourth-order valence-electron chi connectivity index (χ4n) is 4.48. The molecule has 0 unspecified atom stereocenters. The Kier molecular flexibility index (Phi) is 6.71. The highest BCUT2D eigenvalue weighted by Gasteiger charge is 2.31. The summed E-state index contributed by atoms with van der Waals surface area (Å²) in [6, 6.07) is 12.5. The summed E-state index contributed by atoms with van der Waals surface area (Å²) in [6.07, 6.45) is 8.41. The van der Waals surface area contributed by atoms with E-state index in [1.807, 2.05) is 24.4 Å². The van der Waals surface area contributed by atoms with Gasteiger partial charge in [-0.3, -0.25) is 4.98 Å². The molecule has 0 saturated carbocycles. The summed E-state index contributed by atoms with van der Waals surface area (Å²) < 4.78 is 35.0.